The number of alkyl halides is 2. The molecule has 0 spiro atoms. The van der Waals surface area contributed by atoms with Gasteiger partial charge >= 0.3 is 12.0 Å². The smallest absolute Gasteiger partial charge is 0.412 e. The molecule has 5 N–H and O–H groups in total. The number of likely N-dealkylation sites (N-methyl/N-ethyl adjacent to an activating group) is 1. The molecule has 1 heterocycles. The van der Waals surface area contributed by atoms with Crippen molar-refractivity contribution in [2.24, 2.45) is 0 Å². The van der Waals surface area contributed by atoms with E-state index in [1.54, 1.807) is 104 Å². The Balaban J connectivity index is 1.61. The van der Waals surface area contributed by atoms with Crippen molar-refractivity contribution < 1.29 is 37.8 Å². The minimum Gasteiger partial charge on any atom is -0.444 e. The molecule has 0 aliphatic carbocycles. The second-order valence-corrected chi connectivity index (χ2v) is 11.5. The number of nitrogens with one attached hydrogen (secondary N) is 4. The first-order chi connectivity index (χ1) is 24.4. The Morgan fingerprint density at radius 3 is 2.24 bits per heavy atom. The molecule has 13 nitrogen and oxygen atoms in total. The van der Waals surface area contributed by atoms with Crippen LogP contribution in [-0.2, 0) is 38.7 Å². The Bertz CT molecular complexity index is 1890. The summed E-state index contributed by atoms with van der Waals surface area (Å²) < 4.78 is 36.8. The maximum atomic E-state index is 15.3. The molecule has 0 aliphatic heterocycles. The molecule has 0 radical (unpaired) electrons. The molecule has 15 heteroatoms. The third kappa shape index (κ3) is 10.5. The van der Waals surface area contributed by atoms with Gasteiger partial charge in [-0.25, -0.2) is 9.78 Å². The van der Waals surface area contributed by atoms with Crippen molar-refractivity contribution in [2.75, 3.05) is 18.4 Å². The summed E-state index contributed by atoms with van der Waals surface area (Å²) >= 11 is 0. The van der Waals surface area contributed by atoms with Gasteiger partial charge in [-0.05, 0) is 37.5 Å². The Hall–Kier alpha value is -5.96. The van der Waals surface area contributed by atoms with Gasteiger partial charge < -0.3 is 25.8 Å². The molecule has 0 bridgehead atoms. The largest absolute Gasteiger partial charge is 0.444 e. The van der Waals surface area contributed by atoms with Crippen LogP contribution < -0.4 is 26.8 Å². The number of anilines is 1. The van der Waals surface area contributed by atoms with Crippen LogP contribution in [0.4, 0.5) is 19.3 Å². The van der Waals surface area contributed by atoms with E-state index in [4.69, 9.17) is 4.74 Å². The SMILES string of the molecule is CCNC(=O)CNC(=O)C(F)(F)C(O)C(Cc1ccccc1)NC(=O)Cn1c(-c2cccc(C)c2)ncc(NC(=O)OCc2ccccc2)c1=O. The predicted octanol–water partition coefficient (Wildman–Crippen LogP) is 2.94. The maximum absolute atomic E-state index is 15.3. The molecule has 4 rings (SSSR count). The first-order valence-electron chi connectivity index (χ1n) is 16.0. The van der Waals surface area contributed by atoms with Gasteiger partial charge in [-0.15, -0.1) is 0 Å². The zero-order valence-electron chi connectivity index (χ0n) is 27.9. The van der Waals surface area contributed by atoms with Gasteiger partial charge in [0.25, 0.3) is 11.5 Å². The highest BCUT2D eigenvalue weighted by Crippen LogP contribution is 2.24. The Kier molecular flexibility index (Phi) is 13.1. The van der Waals surface area contributed by atoms with Crippen LogP contribution in [0.5, 0.6) is 0 Å². The molecule has 268 valence electrons. The molecule has 0 fully saturated rings. The monoisotopic (exact) mass is 704 g/mol. The van der Waals surface area contributed by atoms with E-state index in [0.717, 1.165) is 16.3 Å². The number of aliphatic hydroxyl groups is 1. The predicted molar refractivity (Wildman–Crippen MR) is 184 cm³/mol. The number of benzene rings is 3. The summed E-state index contributed by atoms with van der Waals surface area (Å²) in [5, 5.41) is 19.7. The van der Waals surface area contributed by atoms with Crippen LogP contribution in [0.3, 0.4) is 0 Å². The highest BCUT2D eigenvalue weighted by atomic mass is 19.3. The first kappa shape index (κ1) is 37.9. The highest BCUT2D eigenvalue weighted by molar-refractivity contribution is 5.89. The quantitative estimate of drug-likeness (QED) is 0.125. The van der Waals surface area contributed by atoms with Gasteiger partial charge in [0.15, 0.2) is 0 Å². The van der Waals surface area contributed by atoms with E-state index in [9.17, 15) is 29.1 Å². The van der Waals surface area contributed by atoms with E-state index in [1.165, 1.54) is 0 Å². The molecular weight excluding hydrogens is 666 g/mol. The normalized spacial score (nSPS) is 12.3. The maximum Gasteiger partial charge on any atom is 0.412 e. The zero-order valence-corrected chi connectivity index (χ0v) is 27.9. The summed E-state index contributed by atoms with van der Waals surface area (Å²) in [6, 6.07) is 22.0. The lowest BCUT2D eigenvalue weighted by atomic mass is 9.96. The Morgan fingerprint density at radius 2 is 1.59 bits per heavy atom. The number of hydrogen-bond donors (Lipinski definition) is 5. The standard InChI is InChI=1S/C36H38F2N6O7/c1-3-39-29(45)20-41-34(49)36(37,38)31(47)27(18-24-12-6-4-7-13-24)42-30(46)21-44-32(26-16-10-11-23(2)17-26)40-19-28(33(44)48)43-35(50)51-22-25-14-8-5-9-15-25/h4-17,19,27,31,47H,3,18,20-22H2,1-2H3,(H,39,45)(H,41,49)(H,42,46)(H,43,50). The molecule has 3 aromatic carbocycles. The number of nitrogens with zero attached hydrogens (tertiary/aromatic N) is 2. The molecule has 4 amide bonds. The molecule has 1 aromatic heterocycles. The topological polar surface area (TPSA) is 181 Å². The Labute approximate surface area is 292 Å². The summed E-state index contributed by atoms with van der Waals surface area (Å²) in [5.74, 6) is -8.05. The van der Waals surface area contributed by atoms with Crippen LogP contribution in [0.15, 0.2) is 95.9 Å². The molecule has 2 unspecified atom stereocenters. The summed E-state index contributed by atoms with van der Waals surface area (Å²) in [5.41, 5.74) is 1.21. The third-order valence-corrected chi connectivity index (χ3v) is 7.56. The summed E-state index contributed by atoms with van der Waals surface area (Å²) in [6.45, 7) is 2.00. The number of carbonyl (C=O) groups is 4. The van der Waals surface area contributed by atoms with Gasteiger partial charge in [-0.1, -0.05) is 84.4 Å². The van der Waals surface area contributed by atoms with Crippen LogP contribution in [-0.4, -0.2) is 69.6 Å². The van der Waals surface area contributed by atoms with E-state index in [1.807, 2.05) is 0 Å². The van der Waals surface area contributed by atoms with Crippen LogP contribution in [0.1, 0.15) is 23.6 Å². The van der Waals surface area contributed by atoms with E-state index >= 15 is 8.78 Å². The number of aromatic nitrogens is 2. The lowest BCUT2D eigenvalue weighted by Crippen LogP contribution is -2.59. The van der Waals surface area contributed by atoms with Crippen molar-refractivity contribution in [1.82, 2.24) is 25.5 Å². The minimum absolute atomic E-state index is 0.0253. The summed E-state index contributed by atoms with van der Waals surface area (Å²) in [4.78, 5) is 68.4. The van der Waals surface area contributed by atoms with E-state index in [2.05, 4.69) is 20.9 Å². The number of halogens is 2. The van der Waals surface area contributed by atoms with Gasteiger partial charge in [-0.2, -0.15) is 8.78 Å². The minimum atomic E-state index is -4.45. The van der Waals surface area contributed by atoms with Gasteiger partial charge in [0.2, 0.25) is 11.8 Å². The van der Waals surface area contributed by atoms with Gasteiger partial charge in [-0.3, -0.25) is 29.1 Å². The number of rotatable bonds is 15. The number of carbonyl (C=O) groups excluding carboxylic acids is 4. The van der Waals surface area contributed by atoms with Gasteiger partial charge in [0.05, 0.1) is 18.8 Å². The van der Waals surface area contributed by atoms with Crippen LogP contribution in [0.25, 0.3) is 11.4 Å². The number of amides is 4. The van der Waals surface area contributed by atoms with E-state index in [-0.39, 0.29) is 31.1 Å². The van der Waals surface area contributed by atoms with Crippen molar-refractivity contribution in [3.8, 4) is 11.4 Å². The van der Waals surface area contributed by atoms with Crippen molar-refractivity contribution >= 4 is 29.5 Å². The van der Waals surface area contributed by atoms with Crippen molar-refractivity contribution in [1.29, 1.82) is 0 Å². The van der Waals surface area contributed by atoms with Gasteiger partial charge in [0, 0.05) is 12.1 Å². The van der Waals surface area contributed by atoms with Crippen LogP contribution in [0, 0.1) is 6.92 Å². The summed E-state index contributed by atoms with van der Waals surface area (Å²) in [6.07, 6.45) is -2.94. The van der Waals surface area contributed by atoms with Crippen molar-refractivity contribution in [3.05, 3.63) is 118 Å². The average molecular weight is 705 g/mol. The lowest BCUT2D eigenvalue weighted by molar-refractivity contribution is -0.168. The third-order valence-electron chi connectivity index (χ3n) is 7.56. The van der Waals surface area contributed by atoms with Crippen molar-refractivity contribution in [3.63, 3.8) is 0 Å². The molecule has 0 saturated heterocycles. The number of ether oxygens (including phenoxy) is 1. The Morgan fingerprint density at radius 1 is 0.922 bits per heavy atom. The number of aliphatic hydroxyl groups excluding tert-OH is 1. The lowest BCUT2D eigenvalue weighted by Gasteiger charge is -2.30. The fourth-order valence-corrected chi connectivity index (χ4v) is 5.04. The molecule has 4 aromatic rings. The first-order valence-corrected chi connectivity index (χ1v) is 16.0. The van der Waals surface area contributed by atoms with E-state index < -0.39 is 60.5 Å². The fraction of sp³-hybridized carbons (Fsp3) is 0.278. The van der Waals surface area contributed by atoms with Gasteiger partial charge in [0.1, 0.15) is 30.8 Å². The second-order valence-electron chi connectivity index (χ2n) is 11.5. The van der Waals surface area contributed by atoms with Crippen LogP contribution >= 0.6 is 0 Å². The second kappa shape index (κ2) is 17.6. The molecule has 0 aliphatic rings. The molecule has 51 heavy (non-hydrogen) atoms. The van der Waals surface area contributed by atoms with Crippen molar-refractivity contribution in [2.45, 2.75) is 51.5 Å². The summed E-state index contributed by atoms with van der Waals surface area (Å²) in [7, 11) is 0. The highest BCUT2D eigenvalue weighted by Gasteiger charge is 2.50. The fourth-order valence-electron chi connectivity index (χ4n) is 5.04. The molecular formula is C36H38F2N6O7. The molecule has 0 saturated carbocycles. The number of hydrogen-bond acceptors (Lipinski definition) is 8. The van der Waals surface area contributed by atoms with E-state index in [0.29, 0.717) is 16.7 Å². The zero-order chi connectivity index (χ0) is 37.0. The number of aryl methyl sites for hydroxylation is 1. The average Bonchev–Trinajstić information content (AvgIpc) is 3.11. The molecule has 2 atom stereocenters. The van der Waals surface area contributed by atoms with Crippen LogP contribution in [0.2, 0.25) is 0 Å².